The second-order valence-electron chi connectivity index (χ2n) is 4.39. The van der Waals surface area contributed by atoms with Gasteiger partial charge in [0.1, 0.15) is 0 Å². The normalized spacial score (nSPS) is 23.6. The van der Waals surface area contributed by atoms with Gasteiger partial charge in [-0.3, -0.25) is 9.69 Å². The van der Waals surface area contributed by atoms with Crippen LogP contribution in [-0.4, -0.2) is 73.1 Å². The molecule has 0 spiro atoms. The Morgan fingerprint density at radius 3 is 2.79 bits per heavy atom. The SMILES string of the molecule is O=C(O)C1=NOC(C(=O)NCCN2CCOCC2)C1. The fraction of sp³-hybridized carbons (Fsp3) is 0.727. The number of nitrogens with zero attached hydrogens (tertiary/aromatic N) is 2. The number of hydrogen-bond acceptors (Lipinski definition) is 6. The number of morpholine rings is 1. The minimum atomic E-state index is -1.15. The van der Waals surface area contributed by atoms with Crippen LogP contribution in [0.5, 0.6) is 0 Å². The topological polar surface area (TPSA) is 100 Å². The first-order chi connectivity index (χ1) is 9.16. The van der Waals surface area contributed by atoms with Crippen molar-refractivity contribution in [2.75, 3.05) is 39.4 Å². The molecule has 0 aromatic heterocycles. The number of carbonyl (C=O) groups excluding carboxylic acids is 1. The van der Waals surface area contributed by atoms with Crippen LogP contribution in [0.3, 0.4) is 0 Å². The molecule has 0 saturated carbocycles. The molecule has 0 aromatic rings. The maximum absolute atomic E-state index is 11.7. The van der Waals surface area contributed by atoms with Crippen molar-refractivity contribution in [2.45, 2.75) is 12.5 Å². The van der Waals surface area contributed by atoms with Crippen LogP contribution in [-0.2, 0) is 19.2 Å². The van der Waals surface area contributed by atoms with Crippen LogP contribution in [0.15, 0.2) is 5.16 Å². The maximum Gasteiger partial charge on any atom is 0.353 e. The smallest absolute Gasteiger partial charge is 0.353 e. The number of carboxylic acids is 1. The molecule has 1 unspecified atom stereocenters. The first-order valence-electron chi connectivity index (χ1n) is 6.20. The Bertz CT molecular complexity index is 379. The largest absolute Gasteiger partial charge is 0.477 e. The highest BCUT2D eigenvalue weighted by Crippen LogP contribution is 2.10. The molecule has 2 N–H and O–H groups in total. The summed E-state index contributed by atoms with van der Waals surface area (Å²) in [5, 5.41) is 14.8. The molecule has 0 bridgehead atoms. The van der Waals surface area contributed by atoms with Gasteiger partial charge in [-0.1, -0.05) is 5.16 Å². The second kappa shape index (κ2) is 6.48. The van der Waals surface area contributed by atoms with E-state index in [1.165, 1.54) is 0 Å². The van der Waals surface area contributed by atoms with Crippen molar-refractivity contribution in [3.05, 3.63) is 0 Å². The molecule has 0 aromatic carbocycles. The highest BCUT2D eigenvalue weighted by Gasteiger charge is 2.31. The Hall–Kier alpha value is -1.67. The molecular formula is C11H17N3O5. The molecule has 2 aliphatic heterocycles. The lowest BCUT2D eigenvalue weighted by molar-refractivity contribution is -0.131. The number of hydrogen-bond donors (Lipinski definition) is 2. The van der Waals surface area contributed by atoms with Crippen molar-refractivity contribution in [3.8, 4) is 0 Å². The van der Waals surface area contributed by atoms with Crippen LogP contribution in [0, 0.1) is 0 Å². The van der Waals surface area contributed by atoms with Gasteiger partial charge in [-0.05, 0) is 0 Å². The summed E-state index contributed by atoms with van der Waals surface area (Å²) in [7, 11) is 0. The Labute approximate surface area is 110 Å². The first kappa shape index (κ1) is 13.8. The lowest BCUT2D eigenvalue weighted by Crippen LogP contribution is -2.43. The third-order valence-corrected chi connectivity index (χ3v) is 3.04. The molecule has 2 aliphatic rings. The van der Waals surface area contributed by atoms with E-state index in [4.69, 9.17) is 14.7 Å². The van der Waals surface area contributed by atoms with Crippen LogP contribution in [0.25, 0.3) is 0 Å². The van der Waals surface area contributed by atoms with Gasteiger partial charge in [0.05, 0.1) is 13.2 Å². The molecule has 2 rings (SSSR count). The first-order valence-corrected chi connectivity index (χ1v) is 6.20. The summed E-state index contributed by atoms with van der Waals surface area (Å²) < 4.78 is 5.22. The number of aliphatic carboxylic acids is 1. The monoisotopic (exact) mass is 271 g/mol. The lowest BCUT2D eigenvalue weighted by Gasteiger charge is -2.26. The fourth-order valence-corrected chi connectivity index (χ4v) is 1.92. The van der Waals surface area contributed by atoms with Crippen LogP contribution < -0.4 is 5.32 Å². The Morgan fingerprint density at radius 1 is 1.42 bits per heavy atom. The summed E-state index contributed by atoms with van der Waals surface area (Å²) in [6, 6.07) is 0. The van der Waals surface area contributed by atoms with Crippen molar-refractivity contribution < 1.29 is 24.3 Å². The van der Waals surface area contributed by atoms with Crippen molar-refractivity contribution in [1.82, 2.24) is 10.2 Å². The molecule has 1 fully saturated rings. The second-order valence-corrected chi connectivity index (χ2v) is 4.39. The molecule has 8 nitrogen and oxygen atoms in total. The Balaban J connectivity index is 1.64. The average Bonchev–Trinajstić information content (AvgIpc) is 2.89. The van der Waals surface area contributed by atoms with Gasteiger partial charge >= 0.3 is 5.97 Å². The Kier molecular flexibility index (Phi) is 4.69. The van der Waals surface area contributed by atoms with Gasteiger partial charge in [0.2, 0.25) is 6.10 Å². The number of carboxylic acid groups (broad SMARTS) is 1. The number of amides is 1. The van der Waals surface area contributed by atoms with Crippen molar-refractivity contribution in [1.29, 1.82) is 0 Å². The number of ether oxygens (including phenoxy) is 1. The summed E-state index contributed by atoms with van der Waals surface area (Å²) in [5.41, 5.74) is -0.117. The maximum atomic E-state index is 11.7. The van der Waals surface area contributed by atoms with E-state index in [1.54, 1.807) is 0 Å². The zero-order valence-corrected chi connectivity index (χ0v) is 10.5. The average molecular weight is 271 g/mol. The number of nitrogens with one attached hydrogen (secondary N) is 1. The predicted octanol–water partition coefficient (Wildman–Crippen LogP) is -1.34. The number of oxime groups is 1. The molecule has 8 heteroatoms. The van der Waals surface area contributed by atoms with Gasteiger partial charge in [-0.25, -0.2) is 4.79 Å². The van der Waals surface area contributed by atoms with E-state index in [9.17, 15) is 9.59 Å². The fourth-order valence-electron chi connectivity index (χ4n) is 1.92. The summed E-state index contributed by atoms with van der Waals surface area (Å²) >= 11 is 0. The number of carbonyl (C=O) groups is 2. The van der Waals surface area contributed by atoms with Gasteiger partial charge in [0.15, 0.2) is 5.71 Å². The quantitative estimate of drug-likeness (QED) is 0.642. The highest BCUT2D eigenvalue weighted by atomic mass is 16.6. The molecule has 1 atom stereocenters. The predicted molar refractivity (Wildman–Crippen MR) is 64.8 cm³/mol. The van der Waals surface area contributed by atoms with Gasteiger partial charge in [-0.15, -0.1) is 0 Å². The molecule has 19 heavy (non-hydrogen) atoms. The van der Waals surface area contributed by atoms with E-state index < -0.39 is 12.1 Å². The van der Waals surface area contributed by atoms with E-state index in [0.29, 0.717) is 6.54 Å². The van der Waals surface area contributed by atoms with E-state index in [2.05, 4.69) is 15.4 Å². The third-order valence-electron chi connectivity index (χ3n) is 3.04. The van der Waals surface area contributed by atoms with E-state index in [0.717, 1.165) is 32.8 Å². The van der Waals surface area contributed by atoms with Gasteiger partial charge in [0, 0.05) is 32.6 Å². The number of rotatable bonds is 5. The lowest BCUT2D eigenvalue weighted by atomic mass is 10.2. The van der Waals surface area contributed by atoms with Gasteiger partial charge in [0.25, 0.3) is 5.91 Å². The van der Waals surface area contributed by atoms with E-state index in [-0.39, 0.29) is 18.0 Å². The third kappa shape index (κ3) is 3.90. The molecular weight excluding hydrogens is 254 g/mol. The van der Waals surface area contributed by atoms with Crippen molar-refractivity contribution in [2.24, 2.45) is 5.16 Å². The van der Waals surface area contributed by atoms with E-state index in [1.807, 2.05) is 0 Å². The summed E-state index contributed by atoms with van der Waals surface area (Å²) in [6.07, 6.45) is -0.811. The van der Waals surface area contributed by atoms with Crippen LogP contribution >= 0.6 is 0 Å². The van der Waals surface area contributed by atoms with E-state index >= 15 is 0 Å². The van der Waals surface area contributed by atoms with Gasteiger partial charge < -0.3 is 20.0 Å². The highest BCUT2D eigenvalue weighted by molar-refractivity contribution is 6.36. The molecule has 2 heterocycles. The van der Waals surface area contributed by atoms with Crippen molar-refractivity contribution in [3.63, 3.8) is 0 Å². The molecule has 0 radical (unpaired) electrons. The molecule has 1 saturated heterocycles. The minimum absolute atomic E-state index is 0.0126. The van der Waals surface area contributed by atoms with Gasteiger partial charge in [-0.2, -0.15) is 0 Å². The summed E-state index contributed by atoms with van der Waals surface area (Å²) in [6.45, 7) is 4.41. The zero-order valence-electron chi connectivity index (χ0n) is 10.5. The standard InChI is InChI=1S/C11H17N3O5/c15-10(9-7-8(11(16)17)13-19-9)12-1-2-14-3-5-18-6-4-14/h9H,1-7H2,(H,12,15)(H,16,17). The minimum Gasteiger partial charge on any atom is -0.477 e. The molecule has 1 amide bonds. The van der Waals surface area contributed by atoms with Crippen LogP contribution in [0.4, 0.5) is 0 Å². The zero-order chi connectivity index (χ0) is 13.7. The summed E-state index contributed by atoms with van der Waals surface area (Å²) in [4.78, 5) is 29.3. The molecule has 0 aliphatic carbocycles. The Morgan fingerprint density at radius 2 is 2.16 bits per heavy atom. The van der Waals surface area contributed by atoms with Crippen molar-refractivity contribution >= 4 is 17.6 Å². The summed E-state index contributed by atoms with van der Waals surface area (Å²) in [5.74, 6) is -1.48. The van der Waals surface area contributed by atoms with Crippen LogP contribution in [0.1, 0.15) is 6.42 Å². The molecule has 106 valence electrons. The van der Waals surface area contributed by atoms with Crippen LogP contribution in [0.2, 0.25) is 0 Å².